The standard InChI is InChI=1S/C16H18N2/c1-11-7-8-13(15(17)10-11)14-6-2-4-12-5-3-9-18-16(12)14/h3,5,7-10,14H,2,4,6,17H2,1H3. The highest BCUT2D eigenvalue weighted by molar-refractivity contribution is 5.53. The molecule has 2 nitrogen and oxygen atoms in total. The molecule has 2 heteroatoms. The van der Waals surface area contributed by atoms with Crippen LogP contribution in [0, 0.1) is 6.92 Å². The number of rotatable bonds is 1. The van der Waals surface area contributed by atoms with Gasteiger partial charge in [0, 0.05) is 17.8 Å². The monoisotopic (exact) mass is 238 g/mol. The quantitative estimate of drug-likeness (QED) is 0.773. The number of hydrogen-bond acceptors (Lipinski definition) is 2. The van der Waals surface area contributed by atoms with Gasteiger partial charge < -0.3 is 5.73 Å². The lowest BCUT2D eigenvalue weighted by molar-refractivity contribution is 0.600. The first-order chi connectivity index (χ1) is 8.75. The van der Waals surface area contributed by atoms with Crippen molar-refractivity contribution in [2.45, 2.75) is 32.1 Å². The van der Waals surface area contributed by atoms with Crippen molar-refractivity contribution in [3.8, 4) is 0 Å². The van der Waals surface area contributed by atoms with Gasteiger partial charge in [-0.1, -0.05) is 18.2 Å². The number of nitrogen functional groups attached to an aromatic ring is 1. The molecule has 92 valence electrons. The van der Waals surface area contributed by atoms with Crippen LogP contribution in [-0.4, -0.2) is 4.98 Å². The fourth-order valence-electron chi connectivity index (χ4n) is 2.92. The maximum atomic E-state index is 6.18. The average Bonchev–Trinajstić information content (AvgIpc) is 2.38. The van der Waals surface area contributed by atoms with Crippen LogP contribution in [-0.2, 0) is 6.42 Å². The van der Waals surface area contributed by atoms with Gasteiger partial charge in [0.15, 0.2) is 0 Å². The van der Waals surface area contributed by atoms with E-state index in [0.717, 1.165) is 18.5 Å². The molecule has 1 aliphatic rings. The van der Waals surface area contributed by atoms with Crippen LogP contribution in [0.2, 0.25) is 0 Å². The highest BCUT2D eigenvalue weighted by Crippen LogP contribution is 2.37. The molecule has 0 spiro atoms. The molecular formula is C16H18N2. The molecule has 2 N–H and O–H groups in total. The molecule has 0 aliphatic heterocycles. The van der Waals surface area contributed by atoms with Crippen molar-refractivity contribution >= 4 is 5.69 Å². The molecule has 0 radical (unpaired) electrons. The normalized spacial score (nSPS) is 18.4. The van der Waals surface area contributed by atoms with E-state index in [9.17, 15) is 0 Å². The summed E-state index contributed by atoms with van der Waals surface area (Å²) in [6, 6.07) is 10.6. The number of aromatic nitrogens is 1. The molecule has 1 aromatic carbocycles. The predicted octanol–water partition coefficient (Wildman–Crippen LogP) is 3.44. The first-order valence-corrected chi connectivity index (χ1v) is 6.55. The summed E-state index contributed by atoms with van der Waals surface area (Å²) in [7, 11) is 0. The zero-order valence-corrected chi connectivity index (χ0v) is 10.7. The van der Waals surface area contributed by atoms with Crippen molar-refractivity contribution in [2.75, 3.05) is 5.73 Å². The lowest BCUT2D eigenvalue weighted by atomic mass is 9.81. The van der Waals surface area contributed by atoms with Gasteiger partial charge in [0.2, 0.25) is 0 Å². The van der Waals surface area contributed by atoms with Gasteiger partial charge in [0.05, 0.1) is 5.69 Å². The number of nitrogens with zero attached hydrogens (tertiary/aromatic N) is 1. The van der Waals surface area contributed by atoms with E-state index < -0.39 is 0 Å². The molecule has 0 fully saturated rings. The van der Waals surface area contributed by atoms with Crippen molar-refractivity contribution < 1.29 is 0 Å². The van der Waals surface area contributed by atoms with E-state index >= 15 is 0 Å². The van der Waals surface area contributed by atoms with E-state index in [2.05, 4.69) is 36.2 Å². The zero-order valence-electron chi connectivity index (χ0n) is 10.7. The van der Waals surface area contributed by atoms with E-state index in [0.29, 0.717) is 5.92 Å². The van der Waals surface area contributed by atoms with E-state index in [4.69, 9.17) is 5.73 Å². The summed E-state index contributed by atoms with van der Waals surface area (Å²) >= 11 is 0. The largest absolute Gasteiger partial charge is 0.398 e. The Morgan fingerprint density at radius 1 is 1.28 bits per heavy atom. The van der Waals surface area contributed by atoms with Gasteiger partial charge in [0.1, 0.15) is 0 Å². The third-order valence-electron chi connectivity index (χ3n) is 3.81. The molecule has 2 aromatic rings. The minimum Gasteiger partial charge on any atom is -0.398 e. The Morgan fingerprint density at radius 2 is 2.17 bits per heavy atom. The first-order valence-electron chi connectivity index (χ1n) is 6.55. The molecule has 0 amide bonds. The van der Waals surface area contributed by atoms with Gasteiger partial charge in [-0.3, -0.25) is 4.98 Å². The molecule has 18 heavy (non-hydrogen) atoms. The topological polar surface area (TPSA) is 38.9 Å². The Hall–Kier alpha value is -1.83. The predicted molar refractivity (Wildman–Crippen MR) is 74.6 cm³/mol. The maximum absolute atomic E-state index is 6.18. The number of aryl methyl sites for hydroxylation is 2. The fraction of sp³-hybridized carbons (Fsp3) is 0.312. The van der Waals surface area contributed by atoms with E-state index in [1.165, 1.54) is 28.8 Å². The Bertz CT molecular complexity index is 575. The van der Waals surface area contributed by atoms with Crippen LogP contribution in [0.4, 0.5) is 5.69 Å². The number of hydrogen-bond donors (Lipinski definition) is 1. The number of benzene rings is 1. The van der Waals surface area contributed by atoms with Crippen LogP contribution in [0.15, 0.2) is 36.5 Å². The minimum absolute atomic E-state index is 0.371. The second-order valence-electron chi connectivity index (χ2n) is 5.12. The minimum atomic E-state index is 0.371. The molecule has 0 saturated heterocycles. The van der Waals surface area contributed by atoms with Gasteiger partial charge in [-0.2, -0.15) is 0 Å². The summed E-state index contributed by atoms with van der Waals surface area (Å²) in [6.07, 6.45) is 5.40. The lowest BCUT2D eigenvalue weighted by Crippen LogP contribution is -2.14. The highest BCUT2D eigenvalue weighted by atomic mass is 14.7. The molecule has 0 bridgehead atoms. The molecule has 1 unspecified atom stereocenters. The third-order valence-corrected chi connectivity index (χ3v) is 3.81. The molecule has 1 aliphatic carbocycles. The summed E-state index contributed by atoms with van der Waals surface area (Å²) in [6.45, 7) is 2.08. The molecule has 1 heterocycles. The molecular weight excluding hydrogens is 220 g/mol. The second-order valence-corrected chi connectivity index (χ2v) is 5.12. The highest BCUT2D eigenvalue weighted by Gasteiger charge is 2.24. The Balaban J connectivity index is 2.08. The second kappa shape index (κ2) is 4.45. The fourth-order valence-corrected chi connectivity index (χ4v) is 2.92. The smallest absolute Gasteiger partial charge is 0.0511 e. The van der Waals surface area contributed by atoms with E-state index in [1.54, 1.807) is 0 Å². The lowest BCUT2D eigenvalue weighted by Gasteiger charge is -2.25. The van der Waals surface area contributed by atoms with Gasteiger partial charge in [-0.05, 0) is 55.0 Å². The average molecular weight is 238 g/mol. The summed E-state index contributed by atoms with van der Waals surface area (Å²) in [4.78, 5) is 4.59. The van der Waals surface area contributed by atoms with Gasteiger partial charge >= 0.3 is 0 Å². The van der Waals surface area contributed by atoms with Gasteiger partial charge in [0.25, 0.3) is 0 Å². The van der Waals surface area contributed by atoms with Crippen LogP contribution >= 0.6 is 0 Å². The number of nitrogens with two attached hydrogens (primary N) is 1. The molecule has 3 rings (SSSR count). The van der Waals surface area contributed by atoms with Crippen LogP contribution in [0.1, 0.15) is 41.1 Å². The van der Waals surface area contributed by atoms with Crippen molar-refractivity contribution in [3.63, 3.8) is 0 Å². The van der Waals surface area contributed by atoms with Crippen LogP contribution in [0.5, 0.6) is 0 Å². The molecule has 1 aromatic heterocycles. The van der Waals surface area contributed by atoms with Crippen molar-refractivity contribution in [1.29, 1.82) is 0 Å². The van der Waals surface area contributed by atoms with Crippen LogP contribution in [0.3, 0.4) is 0 Å². The number of pyridine rings is 1. The summed E-state index contributed by atoms with van der Waals surface area (Å²) in [5.74, 6) is 0.371. The van der Waals surface area contributed by atoms with Crippen molar-refractivity contribution in [2.24, 2.45) is 0 Å². The zero-order chi connectivity index (χ0) is 12.5. The van der Waals surface area contributed by atoms with Crippen LogP contribution < -0.4 is 5.73 Å². The molecule has 0 saturated carbocycles. The Morgan fingerprint density at radius 3 is 3.00 bits per heavy atom. The third kappa shape index (κ3) is 1.88. The van der Waals surface area contributed by atoms with Crippen LogP contribution in [0.25, 0.3) is 0 Å². The first kappa shape index (κ1) is 11.3. The summed E-state index contributed by atoms with van der Waals surface area (Å²) in [5.41, 5.74) is 12.1. The summed E-state index contributed by atoms with van der Waals surface area (Å²) < 4.78 is 0. The Kier molecular flexibility index (Phi) is 2.78. The van der Waals surface area contributed by atoms with E-state index in [1.807, 2.05) is 12.3 Å². The van der Waals surface area contributed by atoms with Crippen molar-refractivity contribution in [1.82, 2.24) is 4.98 Å². The number of fused-ring (bicyclic) bond motifs is 1. The number of anilines is 1. The maximum Gasteiger partial charge on any atom is 0.0511 e. The molecule has 1 atom stereocenters. The van der Waals surface area contributed by atoms with E-state index in [-0.39, 0.29) is 0 Å². The summed E-state index contributed by atoms with van der Waals surface area (Å²) in [5, 5.41) is 0. The Labute approximate surface area is 108 Å². The van der Waals surface area contributed by atoms with Gasteiger partial charge in [-0.25, -0.2) is 0 Å². The van der Waals surface area contributed by atoms with Gasteiger partial charge in [-0.15, -0.1) is 0 Å². The van der Waals surface area contributed by atoms with Crippen molar-refractivity contribution in [3.05, 3.63) is 58.9 Å². The SMILES string of the molecule is Cc1ccc(C2CCCc3cccnc32)c(N)c1.